The van der Waals surface area contributed by atoms with Gasteiger partial charge in [0.15, 0.2) is 0 Å². The maximum atomic E-state index is 12.9. The van der Waals surface area contributed by atoms with Gasteiger partial charge >= 0.3 is 0 Å². The predicted molar refractivity (Wildman–Crippen MR) is 74.1 cm³/mol. The van der Waals surface area contributed by atoms with Crippen molar-refractivity contribution in [3.8, 4) is 0 Å². The first-order valence-corrected chi connectivity index (χ1v) is 6.52. The molecule has 1 amide bonds. The van der Waals surface area contributed by atoms with Crippen molar-refractivity contribution in [1.82, 2.24) is 4.90 Å². The number of β-lactam (4-membered cyclic amide) rings is 1. The monoisotopic (exact) mass is 270 g/mol. The lowest BCUT2D eigenvalue weighted by molar-refractivity contribution is -0.150. The maximum Gasteiger partial charge on any atom is 0.242 e. The van der Waals surface area contributed by atoms with Crippen molar-refractivity contribution < 1.29 is 9.18 Å². The fourth-order valence-corrected chi connectivity index (χ4v) is 2.58. The van der Waals surface area contributed by atoms with Crippen LogP contribution in [0.2, 0.25) is 0 Å². The normalized spacial score (nSPS) is 21.7. The quantitative estimate of drug-likeness (QED) is 0.869. The molecule has 0 bridgehead atoms. The topological polar surface area (TPSA) is 46.3 Å². The van der Waals surface area contributed by atoms with Crippen LogP contribution in [0.5, 0.6) is 0 Å². The minimum Gasteiger partial charge on any atom is -0.328 e. The number of benzene rings is 2. The van der Waals surface area contributed by atoms with Gasteiger partial charge in [-0.1, -0.05) is 42.5 Å². The van der Waals surface area contributed by atoms with E-state index in [-0.39, 0.29) is 17.8 Å². The van der Waals surface area contributed by atoms with Gasteiger partial charge in [0.25, 0.3) is 0 Å². The Morgan fingerprint density at radius 2 is 1.70 bits per heavy atom. The molecule has 1 aliphatic rings. The molecule has 0 aromatic heterocycles. The summed E-state index contributed by atoms with van der Waals surface area (Å²) >= 11 is 0. The van der Waals surface area contributed by atoms with Crippen molar-refractivity contribution in [1.29, 1.82) is 0 Å². The molecule has 1 fully saturated rings. The van der Waals surface area contributed by atoms with Crippen LogP contribution in [0.1, 0.15) is 17.2 Å². The van der Waals surface area contributed by atoms with Gasteiger partial charge in [-0.15, -0.1) is 0 Å². The number of amides is 1. The van der Waals surface area contributed by atoms with Crippen LogP contribution in [0.25, 0.3) is 0 Å². The smallest absolute Gasteiger partial charge is 0.242 e. The zero-order valence-corrected chi connectivity index (χ0v) is 10.9. The molecule has 3 rings (SSSR count). The summed E-state index contributed by atoms with van der Waals surface area (Å²) in [6.07, 6.45) is 0. The number of likely N-dealkylation sites (tertiary alicyclic amines) is 1. The molecule has 0 saturated carbocycles. The van der Waals surface area contributed by atoms with Crippen LogP contribution in [-0.2, 0) is 11.3 Å². The van der Waals surface area contributed by atoms with Crippen molar-refractivity contribution in [2.45, 2.75) is 18.6 Å². The summed E-state index contributed by atoms with van der Waals surface area (Å²) in [7, 11) is 0. The fraction of sp³-hybridized carbons (Fsp3) is 0.188. The molecule has 3 nitrogen and oxygen atoms in total. The summed E-state index contributed by atoms with van der Waals surface area (Å²) in [6, 6.07) is 15.3. The Bertz CT molecular complexity index is 612. The van der Waals surface area contributed by atoms with Crippen LogP contribution in [-0.4, -0.2) is 16.8 Å². The molecule has 2 aromatic rings. The van der Waals surface area contributed by atoms with Crippen LogP contribution >= 0.6 is 0 Å². The highest BCUT2D eigenvalue weighted by molar-refractivity contribution is 5.89. The van der Waals surface area contributed by atoms with Gasteiger partial charge in [-0.3, -0.25) is 4.79 Å². The molecule has 0 aliphatic carbocycles. The van der Waals surface area contributed by atoms with Gasteiger partial charge in [-0.05, 0) is 23.3 Å². The minimum atomic E-state index is -0.488. The summed E-state index contributed by atoms with van der Waals surface area (Å²) in [5, 5.41) is 0. The maximum absolute atomic E-state index is 12.9. The molecule has 0 radical (unpaired) electrons. The summed E-state index contributed by atoms with van der Waals surface area (Å²) in [5.74, 6) is -0.344. The number of hydrogen-bond donors (Lipinski definition) is 1. The molecule has 1 heterocycles. The second-order valence-electron chi connectivity index (χ2n) is 4.97. The van der Waals surface area contributed by atoms with Gasteiger partial charge in [0.05, 0.1) is 6.04 Å². The molecule has 1 aliphatic heterocycles. The minimum absolute atomic E-state index is 0.0665. The van der Waals surface area contributed by atoms with Gasteiger partial charge in [0.1, 0.15) is 11.9 Å². The third kappa shape index (κ3) is 2.18. The second-order valence-corrected chi connectivity index (χ2v) is 4.97. The van der Waals surface area contributed by atoms with Crippen LogP contribution in [0.15, 0.2) is 54.6 Å². The largest absolute Gasteiger partial charge is 0.328 e. The molecular formula is C16H15FN2O. The van der Waals surface area contributed by atoms with Gasteiger partial charge < -0.3 is 10.6 Å². The number of nitrogens with two attached hydrogens (primary N) is 1. The highest BCUT2D eigenvalue weighted by atomic mass is 19.1. The Hall–Kier alpha value is -2.20. The van der Waals surface area contributed by atoms with E-state index in [0.717, 1.165) is 11.1 Å². The van der Waals surface area contributed by atoms with E-state index in [1.165, 1.54) is 12.1 Å². The van der Waals surface area contributed by atoms with E-state index >= 15 is 0 Å². The van der Waals surface area contributed by atoms with Crippen LogP contribution in [0.4, 0.5) is 4.39 Å². The summed E-state index contributed by atoms with van der Waals surface area (Å²) in [6.45, 7) is 0.451. The van der Waals surface area contributed by atoms with Crippen molar-refractivity contribution >= 4 is 5.91 Å². The third-order valence-corrected chi connectivity index (χ3v) is 3.65. The molecule has 2 atom stereocenters. The molecule has 0 unspecified atom stereocenters. The van der Waals surface area contributed by atoms with E-state index in [0.29, 0.717) is 6.54 Å². The first-order valence-electron chi connectivity index (χ1n) is 6.52. The molecule has 102 valence electrons. The molecule has 2 N–H and O–H groups in total. The van der Waals surface area contributed by atoms with Gasteiger partial charge in [-0.2, -0.15) is 0 Å². The Labute approximate surface area is 116 Å². The molecule has 0 spiro atoms. The van der Waals surface area contributed by atoms with E-state index in [1.54, 1.807) is 17.0 Å². The van der Waals surface area contributed by atoms with Crippen molar-refractivity contribution in [2.75, 3.05) is 0 Å². The number of halogens is 1. The number of carbonyl (C=O) groups is 1. The average molecular weight is 270 g/mol. The fourth-order valence-electron chi connectivity index (χ4n) is 2.58. The second kappa shape index (κ2) is 5.06. The number of nitrogens with zero attached hydrogens (tertiary/aromatic N) is 1. The average Bonchev–Trinajstić information content (AvgIpc) is 2.49. The molecular weight excluding hydrogens is 255 g/mol. The Morgan fingerprint density at radius 1 is 1.05 bits per heavy atom. The van der Waals surface area contributed by atoms with Crippen LogP contribution in [0, 0.1) is 5.82 Å². The Kier molecular flexibility index (Phi) is 3.24. The number of carbonyl (C=O) groups excluding carboxylic acids is 1. The van der Waals surface area contributed by atoms with E-state index in [9.17, 15) is 9.18 Å². The Balaban J connectivity index is 1.81. The van der Waals surface area contributed by atoms with Crippen LogP contribution < -0.4 is 5.73 Å². The van der Waals surface area contributed by atoms with Crippen LogP contribution in [0.3, 0.4) is 0 Å². The van der Waals surface area contributed by atoms with Gasteiger partial charge in [0.2, 0.25) is 5.91 Å². The highest BCUT2D eigenvalue weighted by Gasteiger charge is 2.45. The Morgan fingerprint density at radius 3 is 2.35 bits per heavy atom. The predicted octanol–water partition coefficient (Wildman–Crippen LogP) is 2.24. The van der Waals surface area contributed by atoms with Crippen molar-refractivity contribution in [3.63, 3.8) is 0 Å². The van der Waals surface area contributed by atoms with Crippen molar-refractivity contribution in [3.05, 3.63) is 71.5 Å². The first kappa shape index (κ1) is 12.8. The lowest BCUT2D eigenvalue weighted by atomic mass is 9.88. The van der Waals surface area contributed by atoms with Gasteiger partial charge in [-0.25, -0.2) is 4.39 Å². The summed E-state index contributed by atoms with van der Waals surface area (Å²) in [4.78, 5) is 13.7. The van der Waals surface area contributed by atoms with E-state index in [4.69, 9.17) is 5.73 Å². The molecule has 4 heteroatoms. The highest BCUT2D eigenvalue weighted by Crippen LogP contribution is 2.34. The third-order valence-electron chi connectivity index (χ3n) is 3.65. The summed E-state index contributed by atoms with van der Waals surface area (Å²) < 4.78 is 12.9. The first-order chi connectivity index (χ1) is 9.66. The van der Waals surface area contributed by atoms with E-state index in [1.807, 2.05) is 30.3 Å². The number of rotatable bonds is 3. The zero-order chi connectivity index (χ0) is 14.1. The lowest BCUT2D eigenvalue weighted by Crippen LogP contribution is -2.62. The molecule has 1 saturated heterocycles. The summed E-state index contributed by atoms with van der Waals surface area (Å²) in [5.41, 5.74) is 7.84. The molecule has 2 aromatic carbocycles. The van der Waals surface area contributed by atoms with E-state index < -0.39 is 6.04 Å². The molecule has 20 heavy (non-hydrogen) atoms. The van der Waals surface area contributed by atoms with Crippen molar-refractivity contribution in [2.24, 2.45) is 5.73 Å². The SMILES string of the molecule is N[C@@H]1C(=O)N(Cc2ccc(F)cc2)[C@H]1c1ccccc1. The van der Waals surface area contributed by atoms with E-state index in [2.05, 4.69) is 0 Å². The standard InChI is InChI=1S/C16H15FN2O/c17-13-8-6-11(7-9-13)10-19-15(14(18)16(19)20)12-4-2-1-3-5-12/h1-9,14-15H,10,18H2/t14-,15-/m0/s1. The van der Waals surface area contributed by atoms with Gasteiger partial charge in [0, 0.05) is 6.54 Å². The zero-order valence-electron chi connectivity index (χ0n) is 10.9. The number of hydrogen-bond acceptors (Lipinski definition) is 2. The lowest BCUT2D eigenvalue weighted by Gasteiger charge is -2.45.